The Balaban J connectivity index is 2.36. The number of nitrogens with one attached hydrogen (secondary N) is 1. The van der Waals surface area contributed by atoms with E-state index in [1.165, 1.54) is 0 Å². The maximum absolute atomic E-state index is 12.2. The number of nitrogens with zero attached hydrogens (tertiary/aromatic N) is 2. The van der Waals surface area contributed by atoms with Crippen molar-refractivity contribution in [2.45, 2.75) is 32.7 Å². The second kappa shape index (κ2) is 6.41. The zero-order chi connectivity index (χ0) is 14.5. The van der Waals surface area contributed by atoms with Gasteiger partial charge in [0.1, 0.15) is 0 Å². The largest absolute Gasteiger partial charge is 0.345 e. The lowest BCUT2D eigenvalue weighted by atomic mass is 10.0. The van der Waals surface area contributed by atoms with E-state index in [4.69, 9.17) is 0 Å². The topological polar surface area (TPSA) is 58.1 Å². The van der Waals surface area contributed by atoms with Crippen LogP contribution in [-0.2, 0) is 4.79 Å². The molecule has 5 heteroatoms. The molecule has 0 aliphatic carbocycles. The van der Waals surface area contributed by atoms with Crippen LogP contribution in [0.4, 0.5) is 0 Å². The smallest absolute Gasteiger partial charge is 0.326 e. The molecule has 1 saturated heterocycles. The van der Waals surface area contributed by atoms with Crippen LogP contribution in [0.3, 0.4) is 0 Å². The Morgan fingerprint density at radius 2 is 1.80 bits per heavy atom. The summed E-state index contributed by atoms with van der Waals surface area (Å²) in [6.07, 6.45) is 10.2. The Hall–Kier alpha value is -2.04. The number of carbonyl (C=O) groups excluding carboxylic acids is 1. The van der Waals surface area contributed by atoms with Crippen LogP contribution in [0.15, 0.2) is 16.9 Å². The number of hydrogen-bond donors (Lipinski definition) is 1. The van der Waals surface area contributed by atoms with Gasteiger partial charge in [0.05, 0.1) is 11.4 Å². The van der Waals surface area contributed by atoms with Crippen LogP contribution < -0.4 is 5.69 Å². The van der Waals surface area contributed by atoms with Crippen LogP contribution in [0, 0.1) is 0 Å². The maximum atomic E-state index is 12.2. The first-order valence-electron chi connectivity index (χ1n) is 7.00. The molecule has 1 aliphatic rings. The zero-order valence-electron chi connectivity index (χ0n) is 12.0. The monoisotopic (exact) mass is 275 g/mol. The van der Waals surface area contributed by atoms with E-state index in [2.05, 4.69) is 4.98 Å². The maximum Gasteiger partial charge on any atom is 0.326 e. The molecule has 2 rings (SSSR count). The minimum atomic E-state index is -0.0734. The molecule has 1 amide bonds. The number of aromatic nitrogens is 2. The number of likely N-dealkylation sites (tertiary alicyclic amines) is 1. The van der Waals surface area contributed by atoms with Gasteiger partial charge in [-0.1, -0.05) is 12.2 Å². The molecule has 0 spiro atoms. The van der Waals surface area contributed by atoms with E-state index in [1.54, 1.807) is 4.90 Å². The predicted molar refractivity (Wildman–Crippen MR) is 80.4 cm³/mol. The zero-order valence-corrected chi connectivity index (χ0v) is 12.0. The Morgan fingerprint density at radius 1 is 1.15 bits per heavy atom. The molecule has 108 valence electrons. The second-order valence-electron chi connectivity index (χ2n) is 4.97. The van der Waals surface area contributed by atoms with Crippen molar-refractivity contribution in [3.05, 3.63) is 34.0 Å². The molecule has 0 bridgehead atoms. The van der Waals surface area contributed by atoms with E-state index < -0.39 is 0 Å². The number of carbonyl (C=O) groups is 1. The summed E-state index contributed by atoms with van der Waals surface area (Å²) in [4.78, 5) is 27.6. The fraction of sp³-hybridized carbons (Fsp3) is 0.467. The fourth-order valence-corrected chi connectivity index (χ4v) is 2.71. The van der Waals surface area contributed by atoms with Crippen molar-refractivity contribution in [1.29, 1.82) is 0 Å². The van der Waals surface area contributed by atoms with E-state index in [-0.39, 0.29) is 11.7 Å². The van der Waals surface area contributed by atoms with E-state index in [9.17, 15) is 9.59 Å². The van der Waals surface area contributed by atoms with Crippen molar-refractivity contribution in [2.24, 2.45) is 0 Å². The summed E-state index contributed by atoms with van der Waals surface area (Å²) in [5, 5.41) is 0. The Morgan fingerprint density at radius 3 is 2.35 bits per heavy atom. The first-order valence-corrected chi connectivity index (χ1v) is 7.00. The Bertz CT molecular complexity index is 572. The molecule has 1 fully saturated rings. The van der Waals surface area contributed by atoms with Crippen LogP contribution in [-0.4, -0.2) is 34.0 Å². The van der Waals surface area contributed by atoms with Crippen molar-refractivity contribution < 1.29 is 4.79 Å². The highest BCUT2D eigenvalue weighted by Gasteiger charge is 2.23. The minimum Gasteiger partial charge on any atom is -0.345 e. The number of H-pyrrole nitrogens is 1. The normalized spacial score (nSPS) is 17.4. The van der Waals surface area contributed by atoms with Gasteiger partial charge in [0.15, 0.2) is 0 Å². The summed E-state index contributed by atoms with van der Waals surface area (Å²) in [6, 6.07) is 0.153. The molecule has 1 aromatic heterocycles. The van der Waals surface area contributed by atoms with Gasteiger partial charge in [-0.25, -0.2) is 4.79 Å². The van der Waals surface area contributed by atoms with Gasteiger partial charge in [-0.3, -0.25) is 9.36 Å². The van der Waals surface area contributed by atoms with E-state index in [0.717, 1.165) is 30.6 Å². The van der Waals surface area contributed by atoms with E-state index in [0.29, 0.717) is 13.1 Å². The molecule has 1 N–H and O–H groups in total. The van der Waals surface area contributed by atoms with Crippen molar-refractivity contribution in [3.8, 4) is 0 Å². The summed E-state index contributed by atoms with van der Waals surface area (Å²) in [5.74, 6) is 0. The Labute approximate surface area is 118 Å². The standard InChI is InChI=1S/C15H21N3O2/c1-3-5-13-14(6-4-2)18(15(20)16-13)12-7-9-17(11-19)10-8-12/h3-6,11-12H,7-10H2,1-2H3,(H,16,20)/b5-3-,6-4-. The average Bonchev–Trinajstić information content (AvgIpc) is 2.76. The first-order chi connectivity index (χ1) is 9.71. The number of hydrogen-bond acceptors (Lipinski definition) is 2. The summed E-state index contributed by atoms with van der Waals surface area (Å²) < 4.78 is 1.83. The quantitative estimate of drug-likeness (QED) is 0.855. The van der Waals surface area contributed by atoms with Gasteiger partial charge >= 0.3 is 5.69 Å². The molecule has 0 atom stereocenters. The van der Waals surface area contributed by atoms with Gasteiger partial charge in [0.25, 0.3) is 0 Å². The van der Waals surface area contributed by atoms with Crippen LogP contribution in [0.1, 0.15) is 44.1 Å². The summed E-state index contributed by atoms with van der Waals surface area (Å²) in [6.45, 7) is 5.29. The minimum absolute atomic E-state index is 0.0734. The lowest BCUT2D eigenvalue weighted by molar-refractivity contribution is -0.119. The summed E-state index contributed by atoms with van der Waals surface area (Å²) in [7, 11) is 0. The number of piperidine rings is 1. The van der Waals surface area contributed by atoms with Crippen molar-refractivity contribution in [3.63, 3.8) is 0 Å². The van der Waals surface area contributed by atoms with Crippen molar-refractivity contribution in [2.75, 3.05) is 13.1 Å². The van der Waals surface area contributed by atoms with Crippen LogP contribution in [0.5, 0.6) is 0 Å². The lowest BCUT2D eigenvalue weighted by Crippen LogP contribution is -2.36. The van der Waals surface area contributed by atoms with Crippen LogP contribution >= 0.6 is 0 Å². The number of amides is 1. The third-order valence-electron chi connectivity index (χ3n) is 3.67. The first kappa shape index (κ1) is 14.4. The lowest BCUT2D eigenvalue weighted by Gasteiger charge is -2.30. The number of allylic oxidation sites excluding steroid dienone is 2. The molecule has 0 radical (unpaired) electrons. The summed E-state index contributed by atoms with van der Waals surface area (Å²) in [5.41, 5.74) is 1.68. The highest BCUT2D eigenvalue weighted by atomic mass is 16.1. The number of imidazole rings is 1. The van der Waals surface area contributed by atoms with Crippen LogP contribution in [0.25, 0.3) is 12.2 Å². The molecule has 20 heavy (non-hydrogen) atoms. The van der Waals surface area contributed by atoms with E-state index in [1.807, 2.05) is 42.7 Å². The molecule has 1 aliphatic heterocycles. The molecule has 0 unspecified atom stereocenters. The van der Waals surface area contributed by atoms with Gasteiger partial charge < -0.3 is 9.88 Å². The van der Waals surface area contributed by atoms with Crippen molar-refractivity contribution >= 4 is 18.6 Å². The van der Waals surface area contributed by atoms with Crippen molar-refractivity contribution in [1.82, 2.24) is 14.5 Å². The average molecular weight is 275 g/mol. The highest BCUT2D eigenvalue weighted by molar-refractivity contribution is 5.60. The molecule has 0 saturated carbocycles. The highest BCUT2D eigenvalue weighted by Crippen LogP contribution is 2.24. The van der Waals surface area contributed by atoms with Gasteiger partial charge in [-0.2, -0.15) is 0 Å². The molecular formula is C15H21N3O2. The Kier molecular flexibility index (Phi) is 4.61. The second-order valence-corrected chi connectivity index (χ2v) is 4.97. The van der Waals surface area contributed by atoms with Gasteiger partial charge in [0.2, 0.25) is 6.41 Å². The molecule has 0 aromatic carbocycles. The number of aromatic amines is 1. The molecule has 2 heterocycles. The van der Waals surface area contributed by atoms with Gasteiger partial charge in [-0.15, -0.1) is 0 Å². The van der Waals surface area contributed by atoms with Gasteiger partial charge in [0, 0.05) is 19.1 Å². The van der Waals surface area contributed by atoms with Gasteiger partial charge in [-0.05, 0) is 38.8 Å². The fourth-order valence-electron chi connectivity index (χ4n) is 2.71. The third-order valence-corrected chi connectivity index (χ3v) is 3.67. The third kappa shape index (κ3) is 2.76. The summed E-state index contributed by atoms with van der Waals surface area (Å²) >= 11 is 0. The number of rotatable bonds is 4. The van der Waals surface area contributed by atoms with E-state index >= 15 is 0 Å². The van der Waals surface area contributed by atoms with Crippen LogP contribution in [0.2, 0.25) is 0 Å². The predicted octanol–water partition coefficient (Wildman–Crippen LogP) is 2.04. The molecule has 1 aromatic rings. The molecular weight excluding hydrogens is 254 g/mol. The SMILES string of the molecule is C/C=C\c1[nH]c(=O)n(C2CCN(C=O)CC2)c1/C=C\C. The molecule has 5 nitrogen and oxygen atoms in total.